The van der Waals surface area contributed by atoms with Gasteiger partial charge in [0.05, 0.1) is 6.61 Å². The Morgan fingerprint density at radius 1 is 1.14 bits per heavy atom. The number of hydrogen-bond donors (Lipinski definition) is 2. The van der Waals surface area contributed by atoms with Gasteiger partial charge >= 0.3 is 8.60 Å². The zero-order valence-corrected chi connectivity index (χ0v) is 10.2. The summed E-state index contributed by atoms with van der Waals surface area (Å²) in [7, 11) is -2.36. The van der Waals surface area contributed by atoms with Crippen molar-refractivity contribution in [2.75, 3.05) is 18.1 Å². The molecule has 0 spiro atoms. The average molecular weight is 242 g/mol. The van der Waals surface area contributed by atoms with Gasteiger partial charge in [-0.3, -0.25) is 0 Å². The molecule has 6 heteroatoms. The fourth-order valence-corrected chi connectivity index (χ4v) is 1.88. The van der Waals surface area contributed by atoms with E-state index in [4.69, 9.17) is 9.79 Å². The van der Waals surface area contributed by atoms with E-state index < -0.39 is 8.60 Å². The van der Waals surface area contributed by atoms with E-state index in [1.807, 2.05) is 0 Å². The van der Waals surface area contributed by atoms with E-state index in [1.165, 1.54) is 25.7 Å². The van der Waals surface area contributed by atoms with Crippen LogP contribution in [0.1, 0.15) is 32.6 Å². The van der Waals surface area contributed by atoms with E-state index in [-0.39, 0.29) is 0 Å². The number of thioether (sulfide) groups is 1. The molecule has 14 heavy (non-hydrogen) atoms. The van der Waals surface area contributed by atoms with Gasteiger partial charge in [-0.05, 0) is 12.2 Å². The second kappa shape index (κ2) is 11.7. The number of unbranched alkanes of at least 4 members (excludes halogenated alkanes) is 3. The summed E-state index contributed by atoms with van der Waals surface area (Å²) < 4.78 is 4.15. The van der Waals surface area contributed by atoms with Crippen LogP contribution in [0, 0.1) is 0 Å². The third-order valence-corrected chi connectivity index (χ3v) is 2.84. The predicted octanol–water partition coefficient (Wildman–Crippen LogP) is 2.46. The molecule has 0 atom stereocenters. The van der Waals surface area contributed by atoms with Crippen LogP contribution in [0.15, 0.2) is 0 Å². The van der Waals surface area contributed by atoms with Gasteiger partial charge in [0.2, 0.25) is 0 Å². The summed E-state index contributed by atoms with van der Waals surface area (Å²) in [5.74, 6) is 1.96. The summed E-state index contributed by atoms with van der Waals surface area (Å²) in [6.07, 6.45) is 5.10. The van der Waals surface area contributed by atoms with Crippen molar-refractivity contribution in [1.82, 2.24) is 0 Å². The lowest BCUT2D eigenvalue weighted by atomic mass is 10.2. The van der Waals surface area contributed by atoms with Crippen molar-refractivity contribution in [3.63, 3.8) is 0 Å². The van der Waals surface area contributed by atoms with Crippen molar-refractivity contribution in [1.29, 1.82) is 0 Å². The van der Waals surface area contributed by atoms with Crippen molar-refractivity contribution < 1.29 is 19.3 Å². The van der Waals surface area contributed by atoms with E-state index in [2.05, 4.69) is 16.5 Å². The lowest BCUT2D eigenvalue weighted by molar-refractivity contribution is -0.207. The van der Waals surface area contributed by atoms with E-state index in [9.17, 15) is 0 Å². The molecule has 86 valence electrons. The first kappa shape index (κ1) is 14.6. The Morgan fingerprint density at radius 3 is 2.57 bits per heavy atom. The van der Waals surface area contributed by atoms with Crippen LogP contribution in [0.2, 0.25) is 0 Å². The summed E-state index contributed by atoms with van der Waals surface area (Å²) in [5, 5.41) is 0. The van der Waals surface area contributed by atoms with Crippen molar-refractivity contribution in [2.24, 2.45) is 0 Å². The molecule has 4 nitrogen and oxygen atoms in total. The first-order valence-electron chi connectivity index (χ1n) is 4.82. The van der Waals surface area contributed by atoms with Crippen molar-refractivity contribution in [3.05, 3.63) is 0 Å². The summed E-state index contributed by atoms with van der Waals surface area (Å²) in [5.41, 5.74) is 0. The third-order valence-electron chi connectivity index (χ3n) is 1.57. The first-order valence-corrected chi connectivity index (χ1v) is 7.14. The molecule has 0 aliphatic heterocycles. The van der Waals surface area contributed by atoms with Crippen molar-refractivity contribution in [3.8, 4) is 0 Å². The molecule has 2 N–H and O–H groups in total. The summed E-state index contributed by atoms with van der Waals surface area (Å²) in [6, 6.07) is 0. The Kier molecular flexibility index (Phi) is 12.2. The van der Waals surface area contributed by atoms with E-state index in [0.29, 0.717) is 6.61 Å². The lowest BCUT2D eigenvalue weighted by Crippen LogP contribution is -1.96. The van der Waals surface area contributed by atoms with E-state index >= 15 is 0 Å². The maximum absolute atomic E-state index is 8.32. The molecule has 0 aromatic heterocycles. The van der Waals surface area contributed by atoms with Gasteiger partial charge in [0.15, 0.2) is 0 Å². The summed E-state index contributed by atoms with van der Waals surface area (Å²) in [4.78, 5) is 21.2. The van der Waals surface area contributed by atoms with Crippen LogP contribution in [-0.4, -0.2) is 27.9 Å². The predicted molar refractivity (Wildman–Crippen MR) is 59.9 cm³/mol. The largest absolute Gasteiger partial charge is 0.357 e. The molecule has 0 amide bonds. The highest BCUT2D eigenvalue weighted by Crippen LogP contribution is 2.24. The van der Waals surface area contributed by atoms with E-state index in [0.717, 1.165) is 11.5 Å². The topological polar surface area (TPSA) is 58.9 Å². The second-order valence-corrected chi connectivity index (χ2v) is 4.70. The Hall–Kier alpha value is 0.620. The van der Waals surface area contributed by atoms with Gasteiger partial charge < -0.3 is 9.79 Å². The molecule has 0 aliphatic rings. The van der Waals surface area contributed by atoms with Crippen LogP contribution < -0.4 is 0 Å². The van der Waals surface area contributed by atoms with Crippen LogP contribution in [0.5, 0.6) is 0 Å². The zero-order valence-electron chi connectivity index (χ0n) is 8.52. The maximum atomic E-state index is 8.32. The standard InChI is InChI=1S/C8H19O4PS/c1-2-3-4-5-7-14-8-6-11-12-13(9)10/h9-10H,2-8H2,1H3. The minimum Gasteiger partial charge on any atom is -0.327 e. The van der Waals surface area contributed by atoms with Crippen LogP contribution in [0.25, 0.3) is 0 Å². The third kappa shape index (κ3) is 12.6. The van der Waals surface area contributed by atoms with Gasteiger partial charge in [0.25, 0.3) is 0 Å². The number of hydrogen-bond acceptors (Lipinski definition) is 5. The zero-order chi connectivity index (χ0) is 10.6. The van der Waals surface area contributed by atoms with Crippen LogP contribution in [0.4, 0.5) is 0 Å². The van der Waals surface area contributed by atoms with Crippen LogP contribution >= 0.6 is 20.4 Å². The van der Waals surface area contributed by atoms with Gasteiger partial charge in [0, 0.05) is 5.75 Å². The fraction of sp³-hybridized carbons (Fsp3) is 1.00. The van der Waals surface area contributed by atoms with Gasteiger partial charge in [-0.15, -0.1) is 0 Å². The van der Waals surface area contributed by atoms with Gasteiger partial charge in [-0.2, -0.15) is 16.4 Å². The SMILES string of the molecule is CCCCCCSCCOOP(O)O. The van der Waals surface area contributed by atoms with Gasteiger partial charge in [-0.25, -0.2) is 4.89 Å². The van der Waals surface area contributed by atoms with Gasteiger partial charge in [0.1, 0.15) is 0 Å². The Morgan fingerprint density at radius 2 is 1.93 bits per heavy atom. The van der Waals surface area contributed by atoms with E-state index in [1.54, 1.807) is 11.8 Å². The normalized spacial score (nSPS) is 11.1. The van der Waals surface area contributed by atoms with Crippen molar-refractivity contribution >= 4 is 20.4 Å². The minimum absolute atomic E-state index is 0.401. The molecular formula is C8H19O4PS. The Bertz CT molecular complexity index is 116. The molecule has 0 rings (SSSR count). The lowest BCUT2D eigenvalue weighted by Gasteiger charge is -2.03. The second-order valence-electron chi connectivity index (χ2n) is 2.82. The molecular weight excluding hydrogens is 223 g/mol. The smallest absolute Gasteiger partial charge is 0.327 e. The first-order chi connectivity index (χ1) is 6.77. The molecule has 0 fully saturated rings. The fourth-order valence-electron chi connectivity index (χ4n) is 0.910. The quantitative estimate of drug-likeness (QED) is 0.267. The molecule has 0 aromatic rings. The van der Waals surface area contributed by atoms with Crippen molar-refractivity contribution in [2.45, 2.75) is 32.6 Å². The molecule has 0 aromatic carbocycles. The molecule has 0 aliphatic carbocycles. The highest BCUT2D eigenvalue weighted by atomic mass is 32.2. The summed E-state index contributed by atoms with van der Waals surface area (Å²) >= 11 is 1.79. The highest BCUT2D eigenvalue weighted by molar-refractivity contribution is 7.99. The summed E-state index contributed by atoms with van der Waals surface area (Å²) in [6.45, 7) is 2.60. The monoisotopic (exact) mass is 242 g/mol. The van der Waals surface area contributed by atoms with Crippen LogP contribution in [-0.2, 0) is 9.56 Å². The average Bonchev–Trinajstić information content (AvgIpc) is 2.15. The van der Waals surface area contributed by atoms with Gasteiger partial charge in [-0.1, -0.05) is 26.2 Å². The Labute approximate surface area is 90.9 Å². The molecule has 0 radical (unpaired) electrons. The highest BCUT2D eigenvalue weighted by Gasteiger charge is 1.98. The molecule has 0 heterocycles. The Balaban J connectivity index is 2.85. The minimum atomic E-state index is -2.36. The maximum Gasteiger partial charge on any atom is 0.357 e. The molecule has 0 saturated carbocycles. The molecule has 0 bridgehead atoms. The molecule has 0 saturated heterocycles. The van der Waals surface area contributed by atoms with Crippen LogP contribution in [0.3, 0.4) is 0 Å². The number of rotatable bonds is 10. The molecule has 0 unspecified atom stereocenters.